The van der Waals surface area contributed by atoms with Gasteiger partial charge in [0.2, 0.25) is 10.0 Å². The Kier molecular flexibility index (Phi) is 5.45. The average molecular weight is 371 g/mol. The fourth-order valence-electron chi connectivity index (χ4n) is 1.24. The molecule has 1 aromatic rings. The van der Waals surface area contributed by atoms with Crippen LogP contribution in [0.4, 0.5) is 10.1 Å². The third-order valence-electron chi connectivity index (χ3n) is 2.28. The number of nitrogens with one attached hydrogen (secondary N) is 1. The van der Waals surface area contributed by atoms with Crippen molar-refractivity contribution in [3.8, 4) is 0 Å². The van der Waals surface area contributed by atoms with E-state index >= 15 is 0 Å². The number of carbonyl (C=O) groups excluding carboxylic acids is 1. The largest absolute Gasteiger partial charge is 0.467 e. The number of hydrogen-bond acceptors (Lipinski definition) is 6. The number of aliphatic hydroxyl groups is 1. The summed E-state index contributed by atoms with van der Waals surface area (Å²) in [5.41, 5.74) is 5.51. The number of hydrogen-bond donors (Lipinski definition) is 3. The van der Waals surface area contributed by atoms with Gasteiger partial charge in [-0.2, -0.15) is 0 Å². The molecule has 1 aromatic carbocycles. The standard InChI is InChI=1S/C10H12BrFN2O5S/c1-19-10(16)8(15)4-14-20(17,18)9-3-7(13)5(11)2-6(9)12/h2-3,8,14-15H,4,13H2,1H3. The van der Waals surface area contributed by atoms with Gasteiger partial charge >= 0.3 is 5.97 Å². The average Bonchev–Trinajstić information content (AvgIpc) is 2.39. The van der Waals surface area contributed by atoms with E-state index in [4.69, 9.17) is 5.73 Å². The molecule has 0 bridgehead atoms. The summed E-state index contributed by atoms with van der Waals surface area (Å²) in [6.45, 7) is -0.648. The van der Waals surface area contributed by atoms with E-state index in [1.165, 1.54) is 0 Å². The predicted molar refractivity (Wildman–Crippen MR) is 71.7 cm³/mol. The molecule has 0 spiro atoms. The number of sulfonamides is 1. The molecule has 0 saturated carbocycles. The van der Waals surface area contributed by atoms with Gasteiger partial charge in [0, 0.05) is 16.7 Å². The number of nitrogen functional groups attached to an aromatic ring is 1. The molecule has 0 amide bonds. The van der Waals surface area contributed by atoms with Crippen molar-refractivity contribution in [2.24, 2.45) is 0 Å². The summed E-state index contributed by atoms with van der Waals surface area (Å²) >= 11 is 2.96. The van der Waals surface area contributed by atoms with Gasteiger partial charge in [0.05, 0.1) is 7.11 Å². The number of carbonyl (C=O) groups is 1. The number of rotatable bonds is 5. The quantitative estimate of drug-likeness (QED) is 0.495. The number of benzene rings is 1. The lowest BCUT2D eigenvalue weighted by Crippen LogP contribution is -2.37. The van der Waals surface area contributed by atoms with Crippen LogP contribution >= 0.6 is 15.9 Å². The second-order valence-electron chi connectivity index (χ2n) is 3.69. The van der Waals surface area contributed by atoms with Gasteiger partial charge < -0.3 is 15.6 Å². The SMILES string of the molecule is COC(=O)C(O)CNS(=O)(=O)c1cc(N)c(Br)cc1F. The van der Waals surface area contributed by atoms with Gasteiger partial charge in [0.25, 0.3) is 0 Å². The van der Waals surface area contributed by atoms with Gasteiger partial charge in [-0.3, -0.25) is 0 Å². The van der Waals surface area contributed by atoms with E-state index in [1.807, 2.05) is 4.72 Å². The molecule has 1 atom stereocenters. The third-order valence-corrected chi connectivity index (χ3v) is 4.41. The number of ether oxygens (including phenoxy) is 1. The summed E-state index contributed by atoms with van der Waals surface area (Å²) in [4.78, 5) is 10.2. The molecular weight excluding hydrogens is 359 g/mol. The van der Waals surface area contributed by atoms with Crippen molar-refractivity contribution >= 4 is 37.6 Å². The summed E-state index contributed by atoms with van der Waals surface area (Å²) in [6, 6.07) is 1.83. The number of esters is 1. The van der Waals surface area contributed by atoms with Crippen LogP contribution in [0.5, 0.6) is 0 Å². The van der Waals surface area contributed by atoms with E-state index in [2.05, 4.69) is 20.7 Å². The van der Waals surface area contributed by atoms with Crippen LogP contribution in [0.2, 0.25) is 0 Å². The Hall–Kier alpha value is -1.23. The van der Waals surface area contributed by atoms with Crippen molar-refractivity contribution in [1.29, 1.82) is 0 Å². The monoisotopic (exact) mass is 370 g/mol. The van der Waals surface area contributed by atoms with Crippen LogP contribution in [0.1, 0.15) is 0 Å². The smallest absolute Gasteiger partial charge is 0.336 e. The number of aliphatic hydroxyl groups excluding tert-OH is 1. The topological polar surface area (TPSA) is 119 Å². The van der Waals surface area contributed by atoms with Gasteiger partial charge in [0.15, 0.2) is 6.10 Å². The number of halogens is 2. The minimum Gasteiger partial charge on any atom is -0.467 e. The Labute approximate surface area is 123 Å². The lowest BCUT2D eigenvalue weighted by atomic mass is 10.3. The molecule has 0 fully saturated rings. The summed E-state index contributed by atoms with van der Waals surface area (Å²) in [5, 5.41) is 9.27. The highest BCUT2D eigenvalue weighted by atomic mass is 79.9. The number of anilines is 1. The molecule has 0 radical (unpaired) electrons. The van der Waals surface area contributed by atoms with Crippen LogP contribution in [-0.2, 0) is 19.6 Å². The normalized spacial score (nSPS) is 13.0. The van der Waals surface area contributed by atoms with E-state index < -0.39 is 39.4 Å². The summed E-state index contributed by atoms with van der Waals surface area (Å²) < 4.78 is 43.6. The molecule has 4 N–H and O–H groups in total. The summed E-state index contributed by atoms with van der Waals surface area (Å²) in [5.74, 6) is -2.03. The first kappa shape index (κ1) is 16.8. The molecule has 112 valence electrons. The van der Waals surface area contributed by atoms with Gasteiger partial charge in [-0.1, -0.05) is 0 Å². The third kappa shape index (κ3) is 3.88. The molecule has 1 unspecified atom stereocenters. The van der Waals surface area contributed by atoms with Gasteiger partial charge in [-0.25, -0.2) is 22.3 Å². The Morgan fingerprint density at radius 1 is 1.60 bits per heavy atom. The maximum atomic E-state index is 13.6. The van der Waals surface area contributed by atoms with Crippen LogP contribution in [0.25, 0.3) is 0 Å². The lowest BCUT2D eigenvalue weighted by molar-refractivity contribution is -0.149. The zero-order valence-corrected chi connectivity index (χ0v) is 12.7. The lowest BCUT2D eigenvalue weighted by Gasteiger charge is -2.11. The van der Waals surface area contributed by atoms with Crippen LogP contribution in [-0.4, -0.2) is 39.3 Å². The molecule has 20 heavy (non-hydrogen) atoms. The van der Waals surface area contributed by atoms with Gasteiger partial charge in [0.1, 0.15) is 10.7 Å². The van der Waals surface area contributed by atoms with Crippen molar-refractivity contribution in [2.45, 2.75) is 11.0 Å². The van der Waals surface area contributed by atoms with E-state index in [9.17, 15) is 22.7 Å². The molecule has 0 saturated heterocycles. The molecule has 7 nitrogen and oxygen atoms in total. The van der Waals surface area contributed by atoms with E-state index in [-0.39, 0.29) is 10.2 Å². The highest BCUT2D eigenvalue weighted by Gasteiger charge is 2.24. The van der Waals surface area contributed by atoms with Crippen molar-refractivity contribution in [3.05, 3.63) is 22.4 Å². The highest BCUT2D eigenvalue weighted by Crippen LogP contribution is 2.25. The molecule has 10 heteroatoms. The second-order valence-corrected chi connectivity index (χ2v) is 6.28. The molecular formula is C10H12BrFN2O5S. The minimum atomic E-state index is -4.26. The molecule has 0 aliphatic carbocycles. The van der Waals surface area contributed by atoms with E-state index in [1.54, 1.807) is 0 Å². The second kappa shape index (κ2) is 6.48. The fraction of sp³-hybridized carbons (Fsp3) is 0.300. The molecule has 0 aliphatic heterocycles. The Balaban J connectivity index is 2.95. The molecule has 0 aromatic heterocycles. The van der Waals surface area contributed by atoms with Gasteiger partial charge in [-0.15, -0.1) is 0 Å². The van der Waals surface area contributed by atoms with Crippen molar-refractivity contribution < 1.29 is 27.4 Å². The Morgan fingerprint density at radius 3 is 2.75 bits per heavy atom. The number of methoxy groups -OCH3 is 1. The number of nitrogens with two attached hydrogens (primary N) is 1. The highest BCUT2D eigenvalue weighted by molar-refractivity contribution is 9.10. The predicted octanol–water partition coefficient (Wildman–Crippen LogP) is -0.0174. The van der Waals surface area contributed by atoms with Crippen LogP contribution in [0.3, 0.4) is 0 Å². The van der Waals surface area contributed by atoms with Gasteiger partial charge in [-0.05, 0) is 28.1 Å². The molecule has 1 rings (SSSR count). The molecule has 0 heterocycles. The summed E-state index contributed by atoms with van der Waals surface area (Å²) in [7, 11) is -3.22. The van der Waals surface area contributed by atoms with E-state index in [0.29, 0.717) is 0 Å². The van der Waals surface area contributed by atoms with Crippen LogP contribution in [0.15, 0.2) is 21.5 Å². The fourth-order valence-corrected chi connectivity index (χ4v) is 2.68. The van der Waals surface area contributed by atoms with Crippen molar-refractivity contribution in [3.63, 3.8) is 0 Å². The molecule has 0 aliphatic rings. The van der Waals surface area contributed by atoms with Crippen LogP contribution in [0, 0.1) is 5.82 Å². The maximum absolute atomic E-state index is 13.6. The summed E-state index contributed by atoms with van der Waals surface area (Å²) in [6.07, 6.45) is -1.69. The van der Waals surface area contributed by atoms with Crippen molar-refractivity contribution in [1.82, 2.24) is 4.72 Å². The Bertz CT molecular complexity index is 622. The Morgan fingerprint density at radius 2 is 2.20 bits per heavy atom. The first-order valence-electron chi connectivity index (χ1n) is 5.19. The first-order valence-corrected chi connectivity index (χ1v) is 7.46. The maximum Gasteiger partial charge on any atom is 0.336 e. The minimum absolute atomic E-state index is 0.0280. The first-order chi connectivity index (χ1) is 9.19. The zero-order valence-electron chi connectivity index (χ0n) is 10.3. The van der Waals surface area contributed by atoms with Crippen LogP contribution < -0.4 is 10.5 Å². The zero-order chi connectivity index (χ0) is 15.5. The van der Waals surface area contributed by atoms with E-state index in [0.717, 1.165) is 19.2 Å². The van der Waals surface area contributed by atoms with Crippen molar-refractivity contribution in [2.75, 3.05) is 19.4 Å².